The maximum Gasteiger partial charge on any atom is 0.306 e. The lowest BCUT2D eigenvalue weighted by atomic mass is 9.80. The minimum atomic E-state index is -3.76. The van der Waals surface area contributed by atoms with Crippen LogP contribution in [0.4, 0.5) is 0 Å². The van der Waals surface area contributed by atoms with Crippen LogP contribution in [0.5, 0.6) is 0 Å². The van der Waals surface area contributed by atoms with E-state index in [9.17, 15) is 18.0 Å². The Morgan fingerprint density at radius 2 is 1.76 bits per heavy atom. The van der Waals surface area contributed by atoms with Crippen LogP contribution in [0.2, 0.25) is 0 Å². The van der Waals surface area contributed by atoms with Crippen LogP contribution < -0.4 is 10.0 Å². The zero-order valence-corrected chi connectivity index (χ0v) is 23.4. The Balaban J connectivity index is 1.52. The number of aromatic nitrogens is 1. The van der Waals surface area contributed by atoms with Crippen molar-refractivity contribution in [1.29, 1.82) is 0 Å². The number of hydrogen-bond donors (Lipinski definition) is 3. The predicted octanol–water partition coefficient (Wildman–Crippen LogP) is 4.98. The highest BCUT2D eigenvalue weighted by Crippen LogP contribution is 2.41. The Labute approximate surface area is 226 Å². The Morgan fingerprint density at radius 3 is 2.37 bits per heavy atom. The number of amides is 1. The number of nitrogens with one attached hydrogen (secondary N) is 2. The van der Waals surface area contributed by atoms with E-state index in [1.54, 1.807) is 6.07 Å². The molecule has 0 spiro atoms. The fourth-order valence-electron chi connectivity index (χ4n) is 5.11. The van der Waals surface area contributed by atoms with Gasteiger partial charge in [-0.25, -0.2) is 18.1 Å². The van der Waals surface area contributed by atoms with Crippen molar-refractivity contribution in [2.45, 2.75) is 75.8 Å². The van der Waals surface area contributed by atoms with Gasteiger partial charge in [-0.05, 0) is 57.4 Å². The lowest BCUT2D eigenvalue weighted by molar-refractivity contribution is -0.145. The first-order chi connectivity index (χ1) is 17.9. The number of rotatable bonds is 8. The summed E-state index contributed by atoms with van der Waals surface area (Å²) in [6, 6.07) is 10.7. The molecule has 1 amide bonds. The first-order valence-corrected chi connectivity index (χ1v) is 15.3. The Hall–Kier alpha value is -2.82. The minimum absolute atomic E-state index is 0.160. The van der Waals surface area contributed by atoms with Crippen LogP contribution >= 0.6 is 11.3 Å². The Kier molecular flexibility index (Phi) is 7.08. The number of thiazole rings is 1. The third-order valence-electron chi connectivity index (χ3n) is 7.28. The van der Waals surface area contributed by atoms with E-state index in [0.717, 1.165) is 40.8 Å². The van der Waals surface area contributed by atoms with Gasteiger partial charge in [0.15, 0.2) is 5.01 Å². The summed E-state index contributed by atoms with van der Waals surface area (Å²) in [6.07, 6.45) is 5.08. The Bertz CT molecular complexity index is 1500. The number of carboxylic acid groups (broad SMARTS) is 1. The van der Waals surface area contributed by atoms with Crippen LogP contribution in [0.15, 0.2) is 41.3 Å². The summed E-state index contributed by atoms with van der Waals surface area (Å²) >= 11 is 1.31. The van der Waals surface area contributed by atoms with Gasteiger partial charge in [0.05, 0.1) is 21.4 Å². The van der Waals surface area contributed by atoms with E-state index in [-0.39, 0.29) is 16.8 Å². The number of carboxylic acids is 1. The second-order valence-corrected chi connectivity index (χ2v) is 14.1. The number of carbonyl (C=O) groups is 2. The van der Waals surface area contributed by atoms with Gasteiger partial charge in [-0.1, -0.05) is 49.6 Å². The maximum absolute atomic E-state index is 13.3. The van der Waals surface area contributed by atoms with E-state index in [1.807, 2.05) is 51.1 Å². The molecule has 202 valence electrons. The third-order valence-corrected chi connectivity index (χ3v) is 10.2. The van der Waals surface area contributed by atoms with Crippen molar-refractivity contribution in [3.8, 4) is 10.4 Å². The van der Waals surface area contributed by atoms with Crippen molar-refractivity contribution in [3.63, 3.8) is 0 Å². The molecule has 2 aliphatic carbocycles. The fourth-order valence-corrected chi connectivity index (χ4v) is 7.78. The van der Waals surface area contributed by atoms with Gasteiger partial charge in [0.2, 0.25) is 10.0 Å². The van der Waals surface area contributed by atoms with E-state index in [4.69, 9.17) is 10.1 Å². The monoisotopic (exact) mass is 555 g/mol. The highest BCUT2D eigenvalue weighted by atomic mass is 32.2. The first kappa shape index (κ1) is 26.8. The smallest absolute Gasteiger partial charge is 0.306 e. The third kappa shape index (κ3) is 5.48. The van der Waals surface area contributed by atoms with E-state index in [0.29, 0.717) is 29.2 Å². The maximum atomic E-state index is 13.3. The minimum Gasteiger partial charge on any atom is -0.481 e. The van der Waals surface area contributed by atoms with Gasteiger partial charge >= 0.3 is 5.97 Å². The number of benzene rings is 2. The second-order valence-electron chi connectivity index (χ2n) is 11.5. The first-order valence-electron chi connectivity index (χ1n) is 13.0. The zero-order valence-electron chi connectivity index (χ0n) is 21.8. The lowest BCUT2D eigenvalue weighted by Gasteiger charge is -2.32. The number of fused-ring (bicyclic) bond motifs is 1. The van der Waals surface area contributed by atoms with Gasteiger partial charge in [0.1, 0.15) is 0 Å². The van der Waals surface area contributed by atoms with E-state index in [2.05, 4.69) is 10.0 Å². The highest BCUT2D eigenvalue weighted by molar-refractivity contribution is 7.89. The molecule has 0 radical (unpaired) electrons. The molecule has 2 fully saturated rings. The van der Waals surface area contributed by atoms with Crippen LogP contribution in [0.25, 0.3) is 21.2 Å². The second kappa shape index (κ2) is 10.1. The van der Waals surface area contributed by atoms with Crippen molar-refractivity contribution < 1.29 is 23.1 Å². The van der Waals surface area contributed by atoms with Crippen LogP contribution in [0.1, 0.15) is 68.4 Å². The van der Waals surface area contributed by atoms with Crippen LogP contribution in [-0.4, -0.2) is 42.0 Å². The quantitative estimate of drug-likeness (QED) is 0.360. The van der Waals surface area contributed by atoms with Gasteiger partial charge in [-0.2, -0.15) is 0 Å². The molecule has 0 aliphatic heterocycles. The zero-order chi connectivity index (χ0) is 27.2. The molecule has 0 saturated heterocycles. The molecule has 3 aromatic rings. The van der Waals surface area contributed by atoms with Crippen molar-refractivity contribution in [2.75, 3.05) is 0 Å². The number of sulfonamides is 1. The number of aliphatic carboxylic acids is 1. The molecule has 0 bridgehead atoms. The van der Waals surface area contributed by atoms with E-state index < -0.39 is 27.4 Å². The molecule has 2 aromatic carbocycles. The van der Waals surface area contributed by atoms with Gasteiger partial charge in [0, 0.05) is 22.5 Å². The molecule has 1 heterocycles. The molecule has 2 saturated carbocycles. The number of nitrogens with zero attached hydrogens (tertiary/aromatic N) is 1. The summed E-state index contributed by atoms with van der Waals surface area (Å²) in [5.74, 6) is -1.00. The molecular formula is C28H33N3O5S2. The molecule has 0 atom stereocenters. The fraction of sp³-hybridized carbons (Fsp3) is 0.464. The van der Waals surface area contributed by atoms with Gasteiger partial charge < -0.3 is 10.4 Å². The predicted molar refractivity (Wildman–Crippen MR) is 148 cm³/mol. The van der Waals surface area contributed by atoms with E-state index in [1.165, 1.54) is 17.8 Å². The van der Waals surface area contributed by atoms with Crippen LogP contribution in [0, 0.1) is 11.8 Å². The molecule has 2 aliphatic rings. The van der Waals surface area contributed by atoms with Crippen molar-refractivity contribution in [3.05, 3.63) is 47.1 Å². The standard InChI is InChI=1S/C28H33N3O5S2/c1-28(2,3)31-38(35,36)23-12-11-21(19-9-4-5-10-20(19)23)24-22(13-16-7-6-8-16)30-26(37-24)25(32)29-18-14-17(15-18)27(33)34/h4-5,9-12,16-18,31H,6-8,13-15H2,1-3H3,(H,29,32)(H,33,34)/t17-,18-. The topological polar surface area (TPSA) is 125 Å². The average molecular weight is 556 g/mol. The van der Waals surface area contributed by atoms with Crippen LogP contribution in [0.3, 0.4) is 0 Å². The van der Waals surface area contributed by atoms with Crippen molar-refractivity contribution >= 4 is 44.0 Å². The molecule has 3 N–H and O–H groups in total. The molecule has 0 unspecified atom stereocenters. The normalized spacial score (nSPS) is 20.1. The number of carbonyl (C=O) groups excluding carboxylic acids is 1. The van der Waals surface area contributed by atoms with Crippen LogP contribution in [-0.2, 0) is 21.2 Å². The molecule has 10 heteroatoms. The molecule has 1 aromatic heterocycles. The summed E-state index contributed by atoms with van der Waals surface area (Å²) in [7, 11) is -3.76. The lowest BCUT2D eigenvalue weighted by Crippen LogP contribution is -2.46. The molecule has 8 nitrogen and oxygen atoms in total. The molecule has 38 heavy (non-hydrogen) atoms. The summed E-state index contributed by atoms with van der Waals surface area (Å²) in [6.45, 7) is 5.43. The summed E-state index contributed by atoms with van der Waals surface area (Å²) < 4.78 is 29.3. The summed E-state index contributed by atoms with van der Waals surface area (Å²) in [5, 5.41) is 13.8. The van der Waals surface area contributed by atoms with Gasteiger partial charge in [-0.15, -0.1) is 11.3 Å². The Morgan fingerprint density at radius 1 is 1.08 bits per heavy atom. The molecular weight excluding hydrogens is 522 g/mol. The molecule has 5 rings (SSSR count). The average Bonchev–Trinajstić information content (AvgIpc) is 3.19. The SMILES string of the molecule is CC(C)(C)NS(=O)(=O)c1ccc(-c2sc(C(=O)N[C@H]3C[C@H](C(=O)O)C3)nc2CC2CCC2)c2ccccc12. The largest absolute Gasteiger partial charge is 0.481 e. The van der Waals surface area contributed by atoms with Gasteiger partial charge in [0.25, 0.3) is 5.91 Å². The van der Waals surface area contributed by atoms with Gasteiger partial charge in [-0.3, -0.25) is 9.59 Å². The van der Waals surface area contributed by atoms with Crippen molar-refractivity contribution in [2.24, 2.45) is 11.8 Å². The summed E-state index contributed by atoms with van der Waals surface area (Å²) in [5.41, 5.74) is 1.09. The van der Waals surface area contributed by atoms with E-state index >= 15 is 0 Å². The summed E-state index contributed by atoms with van der Waals surface area (Å²) in [4.78, 5) is 30.0. The number of hydrogen-bond acceptors (Lipinski definition) is 6. The van der Waals surface area contributed by atoms with Crippen molar-refractivity contribution in [1.82, 2.24) is 15.0 Å². The highest BCUT2D eigenvalue weighted by Gasteiger charge is 2.36.